The zero-order valence-corrected chi connectivity index (χ0v) is 15.4. The summed E-state index contributed by atoms with van der Waals surface area (Å²) in [6.45, 7) is -0.124. The first-order valence-electron chi connectivity index (χ1n) is 7.12. The number of benzene rings is 2. The van der Waals surface area contributed by atoms with Gasteiger partial charge in [0.1, 0.15) is 0 Å². The van der Waals surface area contributed by atoms with Crippen molar-refractivity contribution in [1.82, 2.24) is 5.32 Å². The summed E-state index contributed by atoms with van der Waals surface area (Å²) in [6, 6.07) is 9.74. The fourth-order valence-electron chi connectivity index (χ4n) is 1.94. The average molecular weight is 403 g/mol. The molecule has 0 aliphatic rings. The lowest BCUT2D eigenvalue weighted by Gasteiger charge is -2.09. The second-order valence-electron chi connectivity index (χ2n) is 4.95. The van der Waals surface area contributed by atoms with E-state index in [0.717, 1.165) is 5.56 Å². The van der Waals surface area contributed by atoms with Crippen molar-refractivity contribution in [2.24, 2.45) is 0 Å². The van der Waals surface area contributed by atoms with Gasteiger partial charge in [0, 0.05) is 11.6 Å². The summed E-state index contributed by atoms with van der Waals surface area (Å²) in [5.74, 6) is -0.886. The molecule has 25 heavy (non-hydrogen) atoms. The molecular formula is C17H14Cl3NO4. The van der Waals surface area contributed by atoms with Crippen LogP contribution in [0.2, 0.25) is 15.1 Å². The molecule has 2 aromatic rings. The maximum Gasteiger partial charge on any atom is 0.338 e. The minimum Gasteiger partial charge on any atom is -0.494 e. The van der Waals surface area contributed by atoms with Crippen LogP contribution in [-0.4, -0.2) is 25.6 Å². The van der Waals surface area contributed by atoms with Crippen LogP contribution in [0, 0.1) is 0 Å². The average Bonchev–Trinajstić information content (AvgIpc) is 2.58. The van der Waals surface area contributed by atoms with Crippen molar-refractivity contribution in [1.29, 1.82) is 0 Å². The number of esters is 1. The number of rotatable bonds is 6. The second kappa shape index (κ2) is 8.94. The number of carbonyl (C=O) groups is 2. The van der Waals surface area contributed by atoms with Crippen molar-refractivity contribution >= 4 is 46.7 Å². The van der Waals surface area contributed by atoms with Crippen LogP contribution in [0.15, 0.2) is 36.4 Å². The van der Waals surface area contributed by atoms with Gasteiger partial charge in [0.2, 0.25) is 0 Å². The highest BCUT2D eigenvalue weighted by Gasteiger charge is 2.15. The normalized spacial score (nSPS) is 10.2. The van der Waals surface area contributed by atoms with Gasteiger partial charge in [-0.1, -0.05) is 46.9 Å². The van der Waals surface area contributed by atoms with E-state index in [0.29, 0.717) is 11.6 Å². The third-order valence-electron chi connectivity index (χ3n) is 3.18. The fourth-order valence-corrected chi connectivity index (χ4v) is 2.71. The first kappa shape index (κ1) is 19.4. The van der Waals surface area contributed by atoms with E-state index in [2.05, 4.69) is 5.32 Å². The first-order valence-corrected chi connectivity index (χ1v) is 8.25. The third kappa shape index (κ3) is 5.53. The van der Waals surface area contributed by atoms with E-state index in [-0.39, 0.29) is 21.4 Å². The lowest BCUT2D eigenvalue weighted by atomic mass is 10.2. The van der Waals surface area contributed by atoms with Crippen molar-refractivity contribution in [3.8, 4) is 5.75 Å². The number of nitrogens with one attached hydrogen (secondary N) is 1. The molecule has 132 valence electrons. The van der Waals surface area contributed by atoms with E-state index in [1.807, 2.05) is 0 Å². The molecule has 0 saturated carbocycles. The molecule has 0 atom stereocenters. The van der Waals surface area contributed by atoms with Crippen molar-refractivity contribution < 1.29 is 19.1 Å². The second-order valence-corrected chi connectivity index (χ2v) is 6.20. The Morgan fingerprint density at radius 2 is 1.64 bits per heavy atom. The molecular weight excluding hydrogens is 389 g/mol. The van der Waals surface area contributed by atoms with E-state index >= 15 is 0 Å². The van der Waals surface area contributed by atoms with Gasteiger partial charge in [-0.2, -0.15) is 0 Å². The van der Waals surface area contributed by atoms with Crippen LogP contribution in [0.3, 0.4) is 0 Å². The molecule has 0 saturated heterocycles. The van der Waals surface area contributed by atoms with Crippen LogP contribution in [0.1, 0.15) is 15.9 Å². The van der Waals surface area contributed by atoms with Crippen LogP contribution in [-0.2, 0) is 16.1 Å². The van der Waals surface area contributed by atoms with Crippen LogP contribution >= 0.6 is 34.8 Å². The Balaban J connectivity index is 1.87. The Kier molecular flexibility index (Phi) is 6.93. The smallest absolute Gasteiger partial charge is 0.338 e. The topological polar surface area (TPSA) is 64.6 Å². The number of hydrogen-bond acceptors (Lipinski definition) is 4. The zero-order valence-electron chi connectivity index (χ0n) is 13.1. The number of carbonyl (C=O) groups excluding carboxylic acids is 2. The van der Waals surface area contributed by atoms with Gasteiger partial charge in [-0.3, -0.25) is 4.79 Å². The lowest BCUT2D eigenvalue weighted by Crippen LogP contribution is -2.28. The molecule has 0 aliphatic heterocycles. The Bertz CT molecular complexity index is 755. The van der Waals surface area contributed by atoms with Crippen molar-refractivity contribution in [2.45, 2.75) is 6.54 Å². The lowest BCUT2D eigenvalue weighted by molar-refractivity contribution is -0.124. The molecule has 2 aromatic carbocycles. The highest BCUT2D eigenvalue weighted by molar-refractivity contribution is 6.37. The van der Waals surface area contributed by atoms with Gasteiger partial charge in [-0.05, 0) is 29.8 Å². The summed E-state index contributed by atoms with van der Waals surface area (Å²) < 4.78 is 9.95. The highest BCUT2D eigenvalue weighted by atomic mass is 35.5. The van der Waals surface area contributed by atoms with E-state index in [4.69, 9.17) is 44.3 Å². The van der Waals surface area contributed by atoms with Crippen molar-refractivity contribution in [2.75, 3.05) is 13.7 Å². The van der Waals surface area contributed by atoms with Gasteiger partial charge in [0.25, 0.3) is 5.91 Å². The summed E-state index contributed by atoms with van der Waals surface area (Å²) in [4.78, 5) is 23.8. The Morgan fingerprint density at radius 1 is 1.04 bits per heavy atom. The molecule has 1 N–H and O–H groups in total. The maximum absolute atomic E-state index is 12.0. The SMILES string of the molecule is COc1c(Cl)cc(C(=O)OCC(=O)NCc2ccc(Cl)cc2)cc1Cl. The fraction of sp³-hybridized carbons (Fsp3) is 0.176. The Labute approximate surface area is 159 Å². The van der Waals surface area contributed by atoms with Crippen LogP contribution in [0.5, 0.6) is 5.75 Å². The van der Waals surface area contributed by atoms with Crippen LogP contribution in [0.4, 0.5) is 0 Å². The van der Waals surface area contributed by atoms with Gasteiger partial charge >= 0.3 is 5.97 Å². The summed E-state index contributed by atoms with van der Waals surface area (Å²) >= 11 is 17.7. The number of methoxy groups -OCH3 is 1. The number of halogens is 3. The summed E-state index contributed by atoms with van der Waals surface area (Å²) in [5, 5.41) is 3.60. The minimum absolute atomic E-state index is 0.126. The van der Waals surface area contributed by atoms with Gasteiger partial charge in [-0.15, -0.1) is 0 Å². The van der Waals surface area contributed by atoms with E-state index < -0.39 is 18.5 Å². The molecule has 8 heteroatoms. The van der Waals surface area contributed by atoms with Gasteiger partial charge < -0.3 is 14.8 Å². The molecule has 0 unspecified atom stereocenters. The molecule has 0 heterocycles. The Morgan fingerprint density at radius 3 is 2.20 bits per heavy atom. The van der Waals surface area contributed by atoms with E-state index in [1.165, 1.54) is 19.2 Å². The van der Waals surface area contributed by atoms with E-state index in [1.54, 1.807) is 24.3 Å². The summed E-state index contributed by atoms with van der Waals surface area (Å²) in [5.41, 5.74) is 0.999. The number of ether oxygens (including phenoxy) is 2. The molecule has 0 fully saturated rings. The zero-order chi connectivity index (χ0) is 18.4. The van der Waals surface area contributed by atoms with E-state index in [9.17, 15) is 9.59 Å². The first-order chi connectivity index (χ1) is 11.9. The Hall–Kier alpha value is -1.95. The minimum atomic E-state index is -0.715. The molecule has 5 nitrogen and oxygen atoms in total. The van der Waals surface area contributed by atoms with Crippen molar-refractivity contribution in [3.05, 3.63) is 62.6 Å². The standard InChI is InChI=1S/C17H14Cl3NO4/c1-24-16-13(19)6-11(7-14(16)20)17(23)25-9-15(22)21-8-10-2-4-12(18)5-3-10/h2-7H,8-9H2,1H3,(H,21,22). The van der Waals surface area contributed by atoms with Gasteiger partial charge in [-0.25, -0.2) is 4.79 Å². The number of amides is 1. The van der Waals surface area contributed by atoms with Gasteiger partial charge in [0.15, 0.2) is 12.4 Å². The number of hydrogen-bond donors (Lipinski definition) is 1. The molecule has 0 aliphatic carbocycles. The molecule has 0 spiro atoms. The maximum atomic E-state index is 12.0. The third-order valence-corrected chi connectivity index (χ3v) is 3.99. The molecule has 1 amide bonds. The molecule has 0 radical (unpaired) electrons. The van der Waals surface area contributed by atoms with Gasteiger partial charge in [0.05, 0.1) is 22.7 Å². The molecule has 0 bridgehead atoms. The van der Waals surface area contributed by atoms with Crippen molar-refractivity contribution in [3.63, 3.8) is 0 Å². The van der Waals surface area contributed by atoms with Crippen LogP contribution in [0.25, 0.3) is 0 Å². The van der Waals surface area contributed by atoms with Crippen LogP contribution < -0.4 is 10.1 Å². The predicted octanol–water partition coefficient (Wildman–Crippen LogP) is 4.13. The largest absolute Gasteiger partial charge is 0.494 e. The predicted molar refractivity (Wildman–Crippen MR) is 96.6 cm³/mol. The molecule has 0 aromatic heterocycles. The summed E-state index contributed by atoms with van der Waals surface area (Å²) in [6.07, 6.45) is 0. The quantitative estimate of drug-likeness (QED) is 0.738. The highest BCUT2D eigenvalue weighted by Crippen LogP contribution is 2.33. The monoisotopic (exact) mass is 401 g/mol. The molecule has 2 rings (SSSR count). The summed E-state index contributed by atoms with van der Waals surface area (Å²) in [7, 11) is 1.41.